The molecule has 2 aromatic rings. The number of nitrogens with one attached hydrogen (secondary N) is 1. The first-order chi connectivity index (χ1) is 11.7. The lowest BCUT2D eigenvalue weighted by atomic mass is 10.1. The Bertz CT molecular complexity index is 851. The number of anilines is 2. The Labute approximate surface area is 147 Å². The molecule has 0 spiro atoms. The zero-order chi connectivity index (χ0) is 18.6. The summed E-state index contributed by atoms with van der Waals surface area (Å²) in [4.78, 5) is 12.5. The highest BCUT2D eigenvalue weighted by Crippen LogP contribution is 2.24. The monoisotopic (exact) mass is 364 g/mol. The molecule has 134 valence electrons. The second kappa shape index (κ2) is 7.65. The highest BCUT2D eigenvalue weighted by molar-refractivity contribution is 7.92. The molecule has 1 amide bonds. The minimum Gasteiger partial charge on any atom is -0.324 e. The first-order valence-electron chi connectivity index (χ1n) is 7.87. The highest BCUT2D eigenvalue weighted by Gasteiger charge is 2.30. The van der Waals surface area contributed by atoms with Crippen LogP contribution in [0.2, 0.25) is 0 Å². The zero-order valence-electron chi connectivity index (χ0n) is 14.4. The number of benzene rings is 2. The van der Waals surface area contributed by atoms with Gasteiger partial charge in [0.25, 0.3) is 0 Å². The van der Waals surface area contributed by atoms with E-state index in [4.69, 9.17) is 0 Å². The Hall–Kier alpha value is -2.41. The first kappa shape index (κ1) is 18.9. The molecule has 0 radical (unpaired) electrons. The lowest BCUT2D eigenvalue weighted by molar-refractivity contribution is -0.116. The van der Waals surface area contributed by atoms with E-state index in [0.717, 1.165) is 28.6 Å². The summed E-state index contributed by atoms with van der Waals surface area (Å²) in [5.74, 6) is -1.25. The number of hydrogen-bond donors (Lipinski definition) is 1. The van der Waals surface area contributed by atoms with E-state index < -0.39 is 27.8 Å². The molecular weight excluding hydrogens is 343 g/mol. The summed E-state index contributed by atoms with van der Waals surface area (Å²) in [5.41, 5.74) is 1.51. The van der Waals surface area contributed by atoms with Gasteiger partial charge in [-0.25, -0.2) is 12.8 Å². The largest absolute Gasteiger partial charge is 0.324 e. The van der Waals surface area contributed by atoms with Gasteiger partial charge in [-0.2, -0.15) is 0 Å². The third-order valence-electron chi connectivity index (χ3n) is 3.81. The van der Waals surface area contributed by atoms with Gasteiger partial charge in [0.2, 0.25) is 15.9 Å². The van der Waals surface area contributed by atoms with Gasteiger partial charge in [-0.3, -0.25) is 9.10 Å². The van der Waals surface area contributed by atoms with E-state index in [1.165, 1.54) is 25.1 Å². The normalized spacial score (nSPS) is 12.5. The summed E-state index contributed by atoms with van der Waals surface area (Å²) >= 11 is 0. The third-order valence-corrected chi connectivity index (χ3v) is 5.04. The van der Waals surface area contributed by atoms with E-state index >= 15 is 0 Å². The second-order valence-corrected chi connectivity index (χ2v) is 7.59. The molecule has 7 heteroatoms. The lowest BCUT2D eigenvalue weighted by Crippen LogP contribution is -2.45. The molecule has 0 aliphatic rings. The van der Waals surface area contributed by atoms with Crippen molar-refractivity contribution in [2.45, 2.75) is 26.3 Å². The predicted molar refractivity (Wildman–Crippen MR) is 97.6 cm³/mol. The van der Waals surface area contributed by atoms with Crippen molar-refractivity contribution in [3.8, 4) is 0 Å². The summed E-state index contributed by atoms with van der Waals surface area (Å²) in [6.45, 7) is 3.44. The molecule has 0 heterocycles. The van der Waals surface area contributed by atoms with Crippen molar-refractivity contribution in [2.24, 2.45) is 0 Å². The van der Waals surface area contributed by atoms with E-state index in [0.29, 0.717) is 5.69 Å². The molecule has 0 fully saturated rings. The Kier molecular flexibility index (Phi) is 5.79. The molecule has 0 aliphatic carbocycles. The van der Waals surface area contributed by atoms with Crippen molar-refractivity contribution >= 4 is 27.3 Å². The maximum Gasteiger partial charge on any atom is 0.247 e. The standard InChI is InChI=1S/C18H21FN2O3S/c1-4-14-9-11-15(12-10-14)20-18(22)13(2)21(25(3,23)24)17-8-6-5-7-16(17)19/h5-13H,4H2,1-3H3,(H,20,22)/t13-/m1/s1. The fourth-order valence-electron chi connectivity index (χ4n) is 2.48. The molecule has 25 heavy (non-hydrogen) atoms. The number of carbonyl (C=O) groups is 1. The predicted octanol–water partition coefficient (Wildman–Crippen LogP) is 3.18. The summed E-state index contributed by atoms with van der Waals surface area (Å²) in [6.07, 6.45) is 1.82. The number of halogens is 1. The molecule has 5 nitrogen and oxygen atoms in total. The van der Waals surface area contributed by atoms with Gasteiger partial charge in [0.1, 0.15) is 11.9 Å². The fourth-order valence-corrected chi connectivity index (χ4v) is 3.66. The second-order valence-electron chi connectivity index (χ2n) is 5.73. The molecule has 1 atom stereocenters. The quantitative estimate of drug-likeness (QED) is 0.856. The van der Waals surface area contributed by atoms with Crippen LogP contribution in [0.4, 0.5) is 15.8 Å². The van der Waals surface area contributed by atoms with Crippen molar-refractivity contribution in [2.75, 3.05) is 15.9 Å². The van der Waals surface area contributed by atoms with Crippen molar-refractivity contribution in [1.82, 2.24) is 0 Å². The summed E-state index contributed by atoms with van der Waals surface area (Å²) < 4.78 is 39.1. The number of para-hydroxylation sites is 1. The van der Waals surface area contributed by atoms with Crippen LogP contribution >= 0.6 is 0 Å². The lowest BCUT2D eigenvalue weighted by Gasteiger charge is -2.28. The van der Waals surface area contributed by atoms with Gasteiger partial charge < -0.3 is 5.32 Å². The average Bonchev–Trinajstić information content (AvgIpc) is 2.56. The molecule has 2 aromatic carbocycles. The van der Waals surface area contributed by atoms with Crippen LogP contribution in [-0.2, 0) is 21.2 Å². The Morgan fingerprint density at radius 2 is 1.76 bits per heavy atom. The molecule has 0 unspecified atom stereocenters. The topological polar surface area (TPSA) is 66.5 Å². The van der Waals surface area contributed by atoms with Gasteiger partial charge in [-0.1, -0.05) is 31.2 Å². The number of rotatable bonds is 6. The molecular formula is C18H21FN2O3S. The van der Waals surface area contributed by atoms with Crippen molar-refractivity contribution < 1.29 is 17.6 Å². The van der Waals surface area contributed by atoms with Crippen LogP contribution in [0.15, 0.2) is 48.5 Å². The number of carbonyl (C=O) groups excluding carboxylic acids is 1. The fraction of sp³-hybridized carbons (Fsp3) is 0.278. The molecule has 0 aromatic heterocycles. The van der Waals surface area contributed by atoms with E-state index in [-0.39, 0.29) is 5.69 Å². The minimum atomic E-state index is -3.86. The average molecular weight is 364 g/mol. The maximum absolute atomic E-state index is 14.1. The molecule has 0 aliphatic heterocycles. The van der Waals surface area contributed by atoms with E-state index in [1.807, 2.05) is 19.1 Å². The molecule has 2 rings (SSSR count). The number of sulfonamides is 1. The number of amides is 1. The molecule has 1 N–H and O–H groups in total. The van der Waals surface area contributed by atoms with Gasteiger partial charge in [0.05, 0.1) is 11.9 Å². The zero-order valence-corrected chi connectivity index (χ0v) is 15.2. The minimum absolute atomic E-state index is 0.158. The van der Waals surface area contributed by atoms with E-state index in [9.17, 15) is 17.6 Å². The molecule has 0 bridgehead atoms. The van der Waals surface area contributed by atoms with E-state index in [2.05, 4.69) is 5.32 Å². The van der Waals surface area contributed by atoms with E-state index in [1.54, 1.807) is 12.1 Å². The van der Waals surface area contributed by atoms with Crippen LogP contribution in [-0.4, -0.2) is 26.6 Å². The van der Waals surface area contributed by atoms with Crippen LogP contribution in [0.5, 0.6) is 0 Å². The van der Waals surface area contributed by atoms with Crippen molar-refractivity contribution in [3.63, 3.8) is 0 Å². The number of hydrogen-bond acceptors (Lipinski definition) is 3. The summed E-state index contributed by atoms with van der Waals surface area (Å²) in [7, 11) is -3.86. The van der Waals surface area contributed by atoms with Gasteiger partial charge in [0.15, 0.2) is 0 Å². The Balaban J connectivity index is 2.28. The molecule has 0 saturated heterocycles. The number of nitrogens with zero attached hydrogens (tertiary/aromatic N) is 1. The van der Waals surface area contributed by atoms with Crippen LogP contribution < -0.4 is 9.62 Å². The summed E-state index contributed by atoms with van der Waals surface area (Å²) in [6, 6.07) is 11.6. The Morgan fingerprint density at radius 1 is 1.16 bits per heavy atom. The van der Waals surface area contributed by atoms with Gasteiger partial charge in [0, 0.05) is 5.69 Å². The molecule has 0 saturated carbocycles. The van der Waals surface area contributed by atoms with Crippen LogP contribution in [0.25, 0.3) is 0 Å². The number of aryl methyl sites for hydroxylation is 1. The van der Waals surface area contributed by atoms with Gasteiger partial charge in [-0.05, 0) is 43.2 Å². The maximum atomic E-state index is 14.1. The van der Waals surface area contributed by atoms with Crippen molar-refractivity contribution in [1.29, 1.82) is 0 Å². The van der Waals surface area contributed by atoms with Crippen LogP contribution in [0.1, 0.15) is 19.4 Å². The van der Waals surface area contributed by atoms with Crippen LogP contribution in [0.3, 0.4) is 0 Å². The van der Waals surface area contributed by atoms with Gasteiger partial charge in [-0.15, -0.1) is 0 Å². The summed E-state index contributed by atoms with van der Waals surface area (Å²) in [5, 5.41) is 2.67. The van der Waals surface area contributed by atoms with Crippen molar-refractivity contribution in [3.05, 3.63) is 59.9 Å². The van der Waals surface area contributed by atoms with Crippen LogP contribution in [0, 0.1) is 5.82 Å². The SMILES string of the molecule is CCc1ccc(NC(=O)[C@@H](C)N(c2ccccc2F)S(C)(=O)=O)cc1. The third kappa shape index (κ3) is 4.57. The smallest absolute Gasteiger partial charge is 0.247 e. The van der Waals surface area contributed by atoms with Gasteiger partial charge >= 0.3 is 0 Å². The Morgan fingerprint density at radius 3 is 2.28 bits per heavy atom. The first-order valence-corrected chi connectivity index (χ1v) is 9.72. The highest BCUT2D eigenvalue weighted by atomic mass is 32.2.